The first kappa shape index (κ1) is 14.7. The van der Waals surface area contributed by atoms with Gasteiger partial charge in [-0.1, -0.05) is 33.1 Å². The molecule has 0 saturated heterocycles. The van der Waals surface area contributed by atoms with E-state index in [9.17, 15) is 4.79 Å². The summed E-state index contributed by atoms with van der Waals surface area (Å²) in [4.78, 5) is 12.1. The summed E-state index contributed by atoms with van der Waals surface area (Å²) in [5.41, 5.74) is 0. The lowest BCUT2D eigenvalue weighted by Crippen LogP contribution is -2.49. The summed E-state index contributed by atoms with van der Waals surface area (Å²) in [5.74, 6) is 1.52. The van der Waals surface area contributed by atoms with Gasteiger partial charge in [0.1, 0.15) is 0 Å². The zero-order chi connectivity index (χ0) is 13.7. The van der Waals surface area contributed by atoms with Crippen molar-refractivity contribution in [2.45, 2.75) is 83.7 Å². The van der Waals surface area contributed by atoms with Crippen LogP contribution in [-0.4, -0.2) is 18.1 Å². The fraction of sp³-hybridized carbons (Fsp3) is 0.938. The van der Waals surface area contributed by atoms with Gasteiger partial charge in [-0.2, -0.15) is 0 Å². The number of amides is 2. The lowest BCUT2D eigenvalue weighted by atomic mass is 9.84. The molecule has 0 aromatic rings. The Bertz CT molecular complexity index is 284. The highest BCUT2D eigenvalue weighted by molar-refractivity contribution is 5.74. The van der Waals surface area contributed by atoms with E-state index in [0.717, 1.165) is 25.2 Å². The molecule has 3 heteroatoms. The average Bonchev–Trinajstić information content (AvgIpc) is 2.42. The summed E-state index contributed by atoms with van der Waals surface area (Å²) in [6.45, 7) is 4.53. The van der Waals surface area contributed by atoms with E-state index in [2.05, 4.69) is 24.5 Å². The first-order chi connectivity index (χ1) is 9.19. The molecule has 0 aromatic heterocycles. The SMILES string of the molecule is CCC1CCC(NC(=O)NC2CCCCC2C)CC1. The predicted octanol–water partition coefficient (Wildman–Crippen LogP) is 3.83. The second-order valence-electron chi connectivity index (χ2n) is 6.61. The first-order valence-corrected chi connectivity index (χ1v) is 8.26. The van der Waals surface area contributed by atoms with Gasteiger partial charge in [-0.05, 0) is 50.4 Å². The van der Waals surface area contributed by atoms with Crippen molar-refractivity contribution in [3.63, 3.8) is 0 Å². The van der Waals surface area contributed by atoms with Crippen LogP contribution in [0.1, 0.15) is 71.6 Å². The summed E-state index contributed by atoms with van der Waals surface area (Å²) in [6, 6.07) is 0.862. The molecule has 110 valence electrons. The van der Waals surface area contributed by atoms with Crippen LogP contribution < -0.4 is 10.6 Å². The van der Waals surface area contributed by atoms with Crippen molar-refractivity contribution in [1.29, 1.82) is 0 Å². The number of hydrogen-bond acceptors (Lipinski definition) is 1. The fourth-order valence-corrected chi connectivity index (χ4v) is 3.64. The monoisotopic (exact) mass is 266 g/mol. The Balaban J connectivity index is 1.69. The maximum absolute atomic E-state index is 12.1. The summed E-state index contributed by atoms with van der Waals surface area (Å²) in [7, 11) is 0. The molecule has 0 bridgehead atoms. The molecule has 2 fully saturated rings. The van der Waals surface area contributed by atoms with Crippen molar-refractivity contribution in [2.24, 2.45) is 11.8 Å². The van der Waals surface area contributed by atoms with Crippen LogP contribution in [0.4, 0.5) is 4.79 Å². The minimum Gasteiger partial charge on any atom is -0.335 e. The van der Waals surface area contributed by atoms with Gasteiger partial charge in [0.2, 0.25) is 0 Å². The Morgan fingerprint density at radius 2 is 1.68 bits per heavy atom. The number of urea groups is 1. The summed E-state index contributed by atoms with van der Waals surface area (Å²) in [5, 5.41) is 6.37. The first-order valence-electron chi connectivity index (χ1n) is 8.26. The van der Waals surface area contributed by atoms with Crippen LogP contribution >= 0.6 is 0 Å². The minimum atomic E-state index is 0.0682. The molecule has 2 saturated carbocycles. The molecule has 2 atom stereocenters. The number of hydrogen-bond donors (Lipinski definition) is 2. The van der Waals surface area contributed by atoms with Gasteiger partial charge in [-0.15, -0.1) is 0 Å². The third kappa shape index (κ3) is 4.39. The number of rotatable bonds is 3. The predicted molar refractivity (Wildman–Crippen MR) is 79.1 cm³/mol. The van der Waals surface area contributed by atoms with Crippen LogP contribution in [0.25, 0.3) is 0 Å². The van der Waals surface area contributed by atoms with Crippen LogP contribution in [0.5, 0.6) is 0 Å². The summed E-state index contributed by atoms with van der Waals surface area (Å²) in [6.07, 6.45) is 11.2. The van der Waals surface area contributed by atoms with Crippen LogP contribution in [0.2, 0.25) is 0 Å². The van der Waals surface area contributed by atoms with E-state index in [1.165, 1.54) is 38.5 Å². The fourth-order valence-electron chi connectivity index (χ4n) is 3.64. The molecule has 2 rings (SSSR count). The quantitative estimate of drug-likeness (QED) is 0.801. The van der Waals surface area contributed by atoms with Crippen LogP contribution in [-0.2, 0) is 0 Å². The van der Waals surface area contributed by atoms with E-state index in [1.807, 2.05) is 0 Å². The van der Waals surface area contributed by atoms with Crippen LogP contribution in [0.15, 0.2) is 0 Å². The molecule has 3 nitrogen and oxygen atoms in total. The number of nitrogens with one attached hydrogen (secondary N) is 2. The van der Waals surface area contributed by atoms with Crippen LogP contribution in [0.3, 0.4) is 0 Å². The van der Waals surface area contributed by atoms with Gasteiger partial charge in [0.15, 0.2) is 0 Å². The molecule has 0 aliphatic heterocycles. The second-order valence-corrected chi connectivity index (χ2v) is 6.61. The van der Waals surface area contributed by atoms with Gasteiger partial charge in [0.05, 0.1) is 0 Å². The molecular weight excluding hydrogens is 236 g/mol. The number of carbonyl (C=O) groups excluding carboxylic acids is 1. The van der Waals surface area contributed by atoms with Gasteiger partial charge in [-0.25, -0.2) is 4.79 Å². The van der Waals surface area contributed by atoms with Gasteiger partial charge in [0, 0.05) is 12.1 Å². The smallest absolute Gasteiger partial charge is 0.315 e. The van der Waals surface area contributed by atoms with Gasteiger partial charge in [0.25, 0.3) is 0 Å². The Hall–Kier alpha value is -0.730. The number of carbonyl (C=O) groups is 1. The standard InChI is InChI=1S/C16H30N2O/c1-3-13-8-10-14(11-9-13)17-16(19)18-15-7-5-4-6-12(15)2/h12-15H,3-11H2,1-2H3,(H2,17,18,19). The lowest BCUT2D eigenvalue weighted by Gasteiger charge is -2.32. The van der Waals surface area contributed by atoms with Crippen molar-refractivity contribution in [3.8, 4) is 0 Å². The largest absolute Gasteiger partial charge is 0.335 e. The Kier molecular flexibility index (Phi) is 5.53. The topological polar surface area (TPSA) is 41.1 Å². The molecule has 0 spiro atoms. The van der Waals surface area contributed by atoms with E-state index in [1.54, 1.807) is 0 Å². The minimum absolute atomic E-state index is 0.0682. The highest BCUT2D eigenvalue weighted by Gasteiger charge is 2.25. The Morgan fingerprint density at radius 3 is 2.32 bits per heavy atom. The normalized spacial score (nSPS) is 35.7. The Morgan fingerprint density at radius 1 is 1.00 bits per heavy atom. The van der Waals surface area contributed by atoms with E-state index < -0.39 is 0 Å². The van der Waals surface area contributed by atoms with E-state index in [0.29, 0.717) is 18.0 Å². The van der Waals surface area contributed by atoms with E-state index in [4.69, 9.17) is 0 Å². The molecule has 19 heavy (non-hydrogen) atoms. The average molecular weight is 266 g/mol. The molecule has 2 aliphatic rings. The van der Waals surface area contributed by atoms with Gasteiger partial charge >= 0.3 is 6.03 Å². The highest BCUT2D eigenvalue weighted by atomic mass is 16.2. The molecule has 2 N–H and O–H groups in total. The molecule has 2 unspecified atom stereocenters. The van der Waals surface area contributed by atoms with Crippen molar-refractivity contribution in [2.75, 3.05) is 0 Å². The molecule has 2 aliphatic carbocycles. The highest BCUT2D eigenvalue weighted by Crippen LogP contribution is 2.27. The third-order valence-corrected chi connectivity index (χ3v) is 5.19. The van der Waals surface area contributed by atoms with Crippen molar-refractivity contribution < 1.29 is 4.79 Å². The zero-order valence-corrected chi connectivity index (χ0v) is 12.6. The van der Waals surface area contributed by atoms with E-state index in [-0.39, 0.29) is 6.03 Å². The molecular formula is C16H30N2O. The summed E-state index contributed by atoms with van der Waals surface area (Å²) >= 11 is 0. The van der Waals surface area contributed by atoms with Crippen molar-refractivity contribution in [1.82, 2.24) is 10.6 Å². The summed E-state index contributed by atoms with van der Waals surface area (Å²) < 4.78 is 0. The second kappa shape index (κ2) is 7.16. The van der Waals surface area contributed by atoms with E-state index >= 15 is 0 Å². The van der Waals surface area contributed by atoms with Crippen molar-refractivity contribution in [3.05, 3.63) is 0 Å². The Labute approximate surface area is 117 Å². The van der Waals surface area contributed by atoms with Gasteiger partial charge in [-0.3, -0.25) is 0 Å². The van der Waals surface area contributed by atoms with Crippen LogP contribution in [0, 0.1) is 11.8 Å². The molecule has 0 aromatic carbocycles. The third-order valence-electron chi connectivity index (χ3n) is 5.19. The van der Waals surface area contributed by atoms with Gasteiger partial charge < -0.3 is 10.6 Å². The molecule has 0 radical (unpaired) electrons. The molecule has 0 heterocycles. The maximum Gasteiger partial charge on any atom is 0.315 e. The maximum atomic E-state index is 12.1. The lowest BCUT2D eigenvalue weighted by molar-refractivity contribution is 0.210. The molecule has 2 amide bonds. The zero-order valence-electron chi connectivity index (χ0n) is 12.6. The van der Waals surface area contributed by atoms with Crippen molar-refractivity contribution >= 4 is 6.03 Å².